The number of carboxylic acids is 1. The smallest absolute Gasteiger partial charge is 0.309 e. The second-order valence-electron chi connectivity index (χ2n) is 7.42. The van der Waals surface area contributed by atoms with Crippen molar-refractivity contribution in [3.05, 3.63) is 0 Å². The maximum Gasteiger partial charge on any atom is 0.309 e. The zero-order valence-corrected chi connectivity index (χ0v) is 11.7. The summed E-state index contributed by atoms with van der Waals surface area (Å²) >= 11 is 0. The third kappa shape index (κ3) is 1.57. The van der Waals surface area contributed by atoms with Crippen molar-refractivity contribution in [2.75, 3.05) is 0 Å². The molecule has 4 atom stereocenters. The molecular formula is C16H26O2. The SMILES string of the molecule is CCC(CC)C12C[C@@H]3C[C@@H](CC(C(=O)O)(C3)C1)C2. The molecule has 0 aliphatic heterocycles. The quantitative estimate of drug-likeness (QED) is 0.815. The first-order valence-corrected chi connectivity index (χ1v) is 7.77. The summed E-state index contributed by atoms with van der Waals surface area (Å²) in [6, 6.07) is 0. The van der Waals surface area contributed by atoms with Crippen LogP contribution in [0, 0.1) is 28.6 Å². The number of hydrogen-bond donors (Lipinski definition) is 1. The van der Waals surface area contributed by atoms with E-state index in [-0.39, 0.29) is 5.41 Å². The van der Waals surface area contributed by atoms with Gasteiger partial charge in [0.25, 0.3) is 0 Å². The first-order valence-electron chi connectivity index (χ1n) is 7.77. The molecule has 4 bridgehead atoms. The van der Waals surface area contributed by atoms with Crippen LogP contribution >= 0.6 is 0 Å². The van der Waals surface area contributed by atoms with Crippen molar-refractivity contribution in [1.82, 2.24) is 0 Å². The van der Waals surface area contributed by atoms with Gasteiger partial charge in [0.15, 0.2) is 0 Å². The fraction of sp³-hybridized carbons (Fsp3) is 0.938. The second kappa shape index (κ2) is 3.98. The van der Waals surface area contributed by atoms with E-state index in [4.69, 9.17) is 0 Å². The molecule has 4 saturated carbocycles. The van der Waals surface area contributed by atoms with E-state index >= 15 is 0 Å². The Kier molecular flexibility index (Phi) is 2.76. The Morgan fingerprint density at radius 2 is 1.72 bits per heavy atom. The van der Waals surface area contributed by atoms with Crippen molar-refractivity contribution in [1.29, 1.82) is 0 Å². The molecule has 0 aromatic carbocycles. The molecule has 4 rings (SSSR count). The van der Waals surface area contributed by atoms with Gasteiger partial charge in [0.1, 0.15) is 0 Å². The van der Waals surface area contributed by atoms with Gasteiger partial charge >= 0.3 is 5.97 Å². The molecule has 0 radical (unpaired) electrons. The number of aliphatic carboxylic acids is 1. The van der Waals surface area contributed by atoms with Gasteiger partial charge in [-0.25, -0.2) is 0 Å². The molecule has 0 saturated heterocycles. The Morgan fingerprint density at radius 1 is 1.17 bits per heavy atom. The largest absolute Gasteiger partial charge is 0.481 e. The molecule has 2 unspecified atom stereocenters. The van der Waals surface area contributed by atoms with Crippen molar-refractivity contribution in [3.63, 3.8) is 0 Å². The molecule has 0 amide bonds. The van der Waals surface area contributed by atoms with Gasteiger partial charge in [-0.15, -0.1) is 0 Å². The lowest BCUT2D eigenvalue weighted by molar-refractivity contribution is -0.182. The third-order valence-electron chi connectivity index (χ3n) is 6.41. The highest BCUT2D eigenvalue weighted by atomic mass is 16.4. The minimum absolute atomic E-state index is 0.341. The zero-order valence-electron chi connectivity index (χ0n) is 11.7. The van der Waals surface area contributed by atoms with E-state index < -0.39 is 5.97 Å². The van der Waals surface area contributed by atoms with Gasteiger partial charge in [-0.3, -0.25) is 4.79 Å². The molecule has 2 heteroatoms. The Morgan fingerprint density at radius 3 is 2.17 bits per heavy atom. The maximum atomic E-state index is 11.8. The normalized spacial score (nSPS) is 45.7. The van der Waals surface area contributed by atoms with Crippen LogP contribution in [-0.2, 0) is 4.79 Å². The lowest BCUT2D eigenvalue weighted by atomic mass is 9.41. The number of carbonyl (C=O) groups is 1. The predicted molar refractivity (Wildman–Crippen MR) is 71.3 cm³/mol. The Labute approximate surface area is 110 Å². The minimum atomic E-state index is -0.494. The number of carboxylic acid groups (broad SMARTS) is 1. The van der Waals surface area contributed by atoms with E-state index in [0.29, 0.717) is 17.3 Å². The molecule has 102 valence electrons. The van der Waals surface area contributed by atoms with Crippen LogP contribution in [0.4, 0.5) is 0 Å². The standard InChI is InChI=1S/C16H26O2/c1-3-13(4-2)15-6-11-5-12(7-15)9-16(8-11,10-15)14(17)18/h11-13H,3-10H2,1-2H3,(H,17,18)/t11-,12+,15?,16?. The van der Waals surface area contributed by atoms with Gasteiger partial charge in [0.05, 0.1) is 5.41 Å². The van der Waals surface area contributed by atoms with E-state index in [9.17, 15) is 9.90 Å². The summed E-state index contributed by atoms with van der Waals surface area (Å²) in [5.74, 6) is 1.68. The molecule has 18 heavy (non-hydrogen) atoms. The molecule has 0 aromatic heterocycles. The van der Waals surface area contributed by atoms with Gasteiger partial charge < -0.3 is 5.11 Å². The average molecular weight is 250 g/mol. The fourth-order valence-corrected chi connectivity index (χ4v) is 6.22. The molecule has 0 spiro atoms. The van der Waals surface area contributed by atoms with Crippen LogP contribution in [0.2, 0.25) is 0 Å². The summed E-state index contributed by atoms with van der Waals surface area (Å²) in [7, 11) is 0. The monoisotopic (exact) mass is 250 g/mol. The van der Waals surface area contributed by atoms with E-state index in [2.05, 4.69) is 13.8 Å². The van der Waals surface area contributed by atoms with E-state index in [0.717, 1.165) is 25.2 Å². The topological polar surface area (TPSA) is 37.3 Å². The molecular weight excluding hydrogens is 224 g/mol. The van der Waals surface area contributed by atoms with Crippen molar-refractivity contribution in [2.45, 2.75) is 65.2 Å². The van der Waals surface area contributed by atoms with Crippen LogP contribution in [0.15, 0.2) is 0 Å². The highest BCUT2D eigenvalue weighted by molar-refractivity contribution is 5.75. The van der Waals surface area contributed by atoms with Gasteiger partial charge in [-0.05, 0) is 61.7 Å². The lowest BCUT2D eigenvalue weighted by Gasteiger charge is -2.63. The van der Waals surface area contributed by atoms with E-state index in [1.54, 1.807) is 0 Å². The minimum Gasteiger partial charge on any atom is -0.481 e. The van der Waals surface area contributed by atoms with Crippen molar-refractivity contribution in [2.24, 2.45) is 28.6 Å². The van der Waals surface area contributed by atoms with Crippen molar-refractivity contribution in [3.8, 4) is 0 Å². The summed E-state index contributed by atoms with van der Waals surface area (Å²) in [5, 5.41) is 9.72. The maximum absolute atomic E-state index is 11.8. The van der Waals surface area contributed by atoms with Gasteiger partial charge in [-0.1, -0.05) is 26.7 Å². The third-order valence-corrected chi connectivity index (χ3v) is 6.41. The molecule has 4 aliphatic carbocycles. The molecule has 4 aliphatic rings. The molecule has 2 nitrogen and oxygen atoms in total. The lowest BCUT2D eigenvalue weighted by Crippen LogP contribution is -2.57. The molecule has 0 heterocycles. The first-order chi connectivity index (χ1) is 8.53. The van der Waals surface area contributed by atoms with Crippen LogP contribution in [-0.4, -0.2) is 11.1 Å². The summed E-state index contributed by atoms with van der Waals surface area (Å²) in [4.78, 5) is 11.8. The molecule has 1 N–H and O–H groups in total. The summed E-state index contributed by atoms with van der Waals surface area (Å²) < 4.78 is 0. The number of hydrogen-bond acceptors (Lipinski definition) is 1. The molecule has 4 fully saturated rings. The second-order valence-corrected chi connectivity index (χ2v) is 7.42. The van der Waals surface area contributed by atoms with Crippen LogP contribution in [0.5, 0.6) is 0 Å². The van der Waals surface area contributed by atoms with Crippen LogP contribution < -0.4 is 0 Å². The van der Waals surface area contributed by atoms with Crippen molar-refractivity contribution < 1.29 is 9.90 Å². The van der Waals surface area contributed by atoms with Crippen LogP contribution in [0.1, 0.15) is 65.2 Å². The van der Waals surface area contributed by atoms with Crippen LogP contribution in [0.25, 0.3) is 0 Å². The Hall–Kier alpha value is -0.530. The zero-order chi connectivity index (χ0) is 13.0. The first kappa shape index (κ1) is 12.5. The van der Waals surface area contributed by atoms with Crippen molar-refractivity contribution >= 4 is 5.97 Å². The average Bonchev–Trinajstić information content (AvgIpc) is 2.28. The van der Waals surface area contributed by atoms with Gasteiger partial charge in [0, 0.05) is 0 Å². The van der Waals surface area contributed by atoms with Crippen LogP contribution in [0.3, 0.4) is 0 Å². The Bertz CT molecular complexity index is 342. The summed E-state index contributed by atoms with van der Waals surface area (Å²) in [6.07, 6.45) is 9.35. The van der Waals surface area contributed by atoms with E-state index in [1.807, 2.05) is 0 Å². The van der Waals surface area contributed by atoms with E-state index in [1.165, 1.54) is 32.1 Å². The fourth-order valence-electron chi connectivity index (χ4n) is 6.22. The summed E-state index contributed by atoms with van der Waals surface area (Å²) in [5.41, 5.74) is 0.0403. The van der Waals surface area contributed by atoms with Gasteiger partial charge in [0.2, 0.25) is 0 Å². The highest BCUT2D eigenvalue weighted by Gasteiger charge is 2.62. The molecule has 0 aromatic rings. The highest BCUT2D eigenvalue weighted by Crippen LogP contribution is 2.68. The Balaban J connectivity index is 1.96. The number of rotatable bonds is 4. The summed E-state index contributed by atoms with van der Waals surface area (Å²) in [6.45, 7) is 4.58. The predicted octanol–water partition coefficient (Wildman–Crippen LogP) is 4.09. The van der Waals surface area contributed by atoms with Gasteiger partial charge in [-0.2, -0.15) is 0 Å².